The van der Waals surface area contributed by atoms with Gasteiger partial charge in [0.2, 0.25) is 0 Å². The first-order chi connectivity index (χ1) is 16.4. The Morgan fingerprint density at radius 1 is 0.971 bits per heavy atom. The van der Waals surface area contributed by atoms with Crippen LogP contribution in [-0.2, 0) is 6.54 Å². The number of thiophene rings is 1. The van der Waals surface area contributed by atoms with Crippen LogP contribution in [0.1, 0.15) is 33.3 Å². The molecule has 5 rings (SSSR count). The molecule has 2 amide bonds. The zero-order chi connectivity index (χ0) is 23.8. The third-order valence-corrected chi connectivity index (χ3v) is 7.17. The number of fused-ring (bicyclic) bond motifs is 1. The summed E-state index contributed by atoms with van der Waals surface area (Å²) in [6.07, 6.45) is 0. The second-order valence-corrected chi connectivity index (χ2v) is 9.43. The van der Waals surface area contributed by atoms with Crippen LogP contribution in [0.5, 0.6) is 0 Å². The molecule has 1 saturated heterocycles. The van der Waals surface area contributed by atoms with Crippen molar-refractivity contribution < 1.29 is 18.4 Å². The lowest BCUT2D eigenvalue weighted by Gasteiger charge is -2.40. The Labute approximate surface area is 199 Å². The highest BCUT2D eigenvalue weighted by Gasteiger charge is 2.32. The standard InChI is InChI=1S/C26H23F2N3O2S/c1-17-15-29(10-11-30(17)24(32)19-5-7-21(27)8-6-19)25(33)23-14-20-9-12-34-26(20)31(23)16-18-3-2-4-22(28)13-18/h2-9,12-14,17H,10-11,15-16H2,1H3. The van der Waals surface area contributed by atoms with Crippen LogP contribution in [0.3, 0.4) is 0 Å². The molecule has 0 radical (unpaired) electrons. The van der Waals surface area contributed by atoms with Crippen molar-refractivity contribution in [2.75, 3.05) is 19.6 Å². The third-order valence-electron chi connectivity index (χ3n) is 6.22. The highest BCUT2D eigenvalue weighted by molar-refractivity contribution is 7.16. The summed E-state index contributed by atoms with van der Waals surface area (Å²) in [5.41, 5.74) is 1.76. The molecular weight excluding hydrogens is 456 g/mol. The van der Waals surface area contributed by atoms with E-state index in [4.69, 9.17) is 0 Å². The second-order valence-electron chi connectivity index (χ2n) is 8.53. The van der Waals surface area contributed by atoms with E-state index >= 15 is 0 Å². The van der Waals surface area contributed by atoms with Gasteiger partial charge in [0.15, 0.2) is 0 Å². The topological polar surface area (TPSA) is 45.6 Å². The van der Waals surface area contributed by atoms with E-state index in [2.05, 4.69) is 0 Å². The first-order valence-electron chi connectivity index (χ1n) is 11.1. The van der Waals surface area contributed by atoms with Crippen molar-refractivity contribution in [1.82, 2.24) is 14.4 Å². The fourth-order valence-corrected chi connectivity index (χ4v) is 5.39. The van der Waals surface area contributed by atoms with Crippen LogP contribution in [-0.4, -0.2) is 51.9 Å². The Morgan fingerprint density at radius 2 is 1.76 bits per heavy atom. The van der Waals surface area contributed by atoms with Gasteiger partial charge in [-0.1, -0.05) is 12.1 Å². The highest BCUT2D eigenvalue weighted by atomic mass is 32.1. The summed E-state index contributed by atoms with van der Waals surface area (Å²) in [6, 6.07) is 15.6. The molecule has 1 atom stereocenters. The minimum absolute atomic E-state index is 0.111. The van der Waals surface area contributed by atoms with Gasteiger partial charge in [-0.25, -0.2) is 8.78 Å². The molecule has 1 aliphatic heterocycles. The van der Waals surface area contributed by atoms with Crippen LogP contribution < -0.4 is 0 Å². The summed E-state index contributed by atoms with van der Waals surface area (Å²) in [6.45, 7) is 3.48. The lowest BCUT2D eigenvalue weighted by molar-refractivity contribution is 0.0409. The van der Waals surface area contributed by atoms with Gasteiger partial charge in [0.1, 0.15) is 22.2 Å². The Hall–Kier alpha value is -3.52. The Kier molecular flexibility index (Phi) is 5.91. The van der Waals surface area contributed by atoms with Crippen molar-refractivity contribution in [2.24, 2.45) is 0 Å². The second kappa shape index (κ2) is 9.02. The van der Waals surface area contributed by atoms with Crippen LogP contribution in [0, 0.1) is 11.6 Å². The number of halogens is 2. The van der Waals surface area contributed by atoms with E-state index < -0.39 is 0 Å². The van der Waals surface area contributed by atoms with E-state index in [0.717, 1.165) is 15.8 Å². The van der Waals surface area contributed by atoms with Gasteiger partial charge in [-0.05, 0) is 66.4 Å². The quantitative estimate of drug-likeness (QED) is 0.413. The number of rotatable bonds is 4. The molecule has 2 aromatic carbocycles. The van der Waals surface area contributed by atoms with Gasteiger partial charge in [0.05, 0.1) is 0 Å². The van der Waals surface area contributed by atoms with Crippen LogP contribution >= 0.6 is 11.3 Å². The monoisotopic (exact) mass is 479 g/mol. The average Bonchev–Trinajstić information content (AvgIpc) is 3.41. The van der Waals surface area contributed by atoms with Crippen molar-refractivity contribution in [2.45, 2.75) is 19.5 Å². The maximum atomic E-state index is 13.8. The van der Waals surface area contributed by atoms with E-state index in [0.29, 0.717) is 37.4 Å². The van der Waals surface area contributed by atoms with Crippen LogP contribution in [0.25, 0.3) is 10.2 Å². The average molecular weight is 480 g/mol. The fraction of sp³-hybridized carbons (Fsp3) is 0.231. The molecule has 5 nitrogen and oxygen atoms in total. The number of carbonyl (C=O) groups excluding carboxylic acids is 2. The predicted octanol–water partition coefficient (Wildman–Crippen LogP) is 5.02. The number of amides is 2. The predicted molar refractivity (Wildman–Crippen MR) is 128 cm³/mol. The number of hydrogen-bond donors (Lipinski definition) is 0. The summed E-state index contributed by atoms with van der Waals surface area (Å²) in [5, 5.41) is 2.95. The molecule has 0 aliphatic carbocycles. The fourth-order valence-electron chi connectivity index (χ4n) is 4.49. The van der Waals surface area contributed by atoms with E-state index in [1.165, 1.54) is 36.4 Å². The van der Waals surface area contributed by atoms with E-state index in [1.54, 1.807) is 27.2 Å². The largest absolute Gasteiger partial charge is 0.334 e. The van der Waals surface area contributed by atoms with Gasteiger partial charge >= 0.3 is 0 Å². The van der Waals surface area contributed by atoms with Gasteiger partial charge < -0.3 is 14.4 Å². The summed E-state index contributed by atoms with van der Waals surface area (Å²) < 4.78 is 28.9. The van der Waals surface area contributed by atoms with E-state index in [9.17, 15) is 18.4 Å². The Morgan fingerprint density at radius 3 is 2.50 bits per heavy atom. The van der Waals surface area contributed by atoms with E-state index in [1.807, 2.05) is 35.1 Å². The number of hydrogen-bond acceptors (Lipinski definition) is 3. The van der Waals surface area contributed by atoms with Crippen molar-refractivity contribution in [1.29, 1.82) is 0 Å². The SMILES string of the molecule is CC1CN(C(=O)c2cc3ccsc3n2Cc2cccc(F)c2)CCN1C(=O)c1ccc(F)cc1. The lowest BCUT2D eigenvalue weighted by atomic mass is 10.1. The molecular formula is C26H23F2N3O2S. The van der Waals surface area contributed by atoms with Gasteiger partial charge in [-0.2, -0.15) is 0 Å². The lowest BCUT2D eigenvalue weighted by Crippen LogP contribution is -2.55. The molecule has 3 heterocycles. The number of nitrogens with zero attached hydrogens (tertiary/aromatic N) is 3. The minimum Gasteiger partial charge on any atom is -0.334 e. The van der Waals surface area contributed by atoms with Crippen LogP contribution in [0.15, 0.2) is 66.0 Å². The maximum Gasteiger partial charge on any atom is 0.270 e. The number of piperazine rings is 1. The van der Waals surface area contributed by atoms with Crippen LogP contribution in [0.4, 0.5) is 8.78 Å². The van der Waals surface area contributed by atoms with Crippen molar-refractivity contribution >= 4 is 33.4 Å². The van der Waals surface area contributed by atoms with E-state index in [-0.39, 0.29) is 29.5 Å². The Bertz CT molecular complexity index is 1360. The molecule has 34 heavy (non-hydrogen) atoms. The summed E-state index contributed by atoms with van der Waals surface area (Å²) in [4.78, 5) is 30.9. The summed E-state index contributed by atoms with van der Waals surface area (Å²) >= 11 is 1.54. The summed E-state index contributed by atoms with van der Waals surface area (Å²) in [7, 11) is 0. The number of benzene rings is 2. The molecule has 1 fully saturated rings. The molecule has 4 aromatic rings. The molecule has 2 aromatic heterocycles. The highest BCUT2D eigenvalue weighted by Crippen LogP contribution is 2.28. The molecule has 1 unspecified atom stereocenters. The first kappa shape index (κ1) is 22.3. The molecule has 174 valence electrons. The smallest absolute Gasteiger partial charge is 0.270 e. The summed E-state index contributed by atoms with van der Waals surface area (Å²) in [5.74, 6) is -0.980. The zero-order valence-corrected chi connectivity index (χ0v) is 19.4. The molecule has 0 N–H and O–H groups in total. The van der Waals surface area contributed by atoms with Gasteiger partial charge in [-0.3, -0.25) is 9.59 Å². The maximum absolute atomic E-state index is 13.8. The van der Waals surface area contributed by atoms with Crippen molar-refractivity contribution in [3.8, 4) is 0 Å². The third kappa shape index (κ3) is 4.21. The first-order valence-corrected chi connectivity index (χ1v) is 12.0. The minimum atomic E-state index is -0.388. The normalized spacial score (nSPS) is 16.3. The molecule has 0 saturated carbocycles. The number of aromatic nitrogens is 1. The molecule has 0 spiro atoms. The van der Waals surface area contributed by atoms with Crippen molar-refractivity contribution in [3.63, 3.8) is 0 Å². The van der Waals surface area contributed by atoms with Gasteiger partial charge in [-0.15, -0.1) is 11.3 Å². The molecule has 0 bridgehead atoms. The van der Waals surface area contributed by atoms with Crippen molar-refractivity contribution in [3.05, 3.63) is 94.5 Å². The number of carbonyl (C=O) groups is 2. The molecule has 8 heteroatoms. The van der Waals surface area contributed by atoms with Gasteiger partial charge in [0.25, 0.3) is 11.8 Å². The Balaban J connectivity index is 1.36. The molecule has 1 aliphatic rings. The zero-order valence-electron chi connectivity index (χ0n) is 18.6. The van der Waals surface area contributed by atoms with Gasteiger partial charge in [0, 0.05) is 43.2 Å². The van der Waals surface area contributed by atoms with Crippen LogP contribution in [0.2, 0.25) is 0 Å².